The van der Waals surface area contributed by atoms with E-state index in [-0.39, 0.29) is 55.2 Å². The SMILES string of the molecule is Cc1cc(C[C@@H](OC(=O)N2CCC(N3CCc4ccccc4NC3=O)CC2)C(=O)N2CCC(N3CCN(CC(=O)OCCN4CCCCC4=O)CC3)CC2)cc(C)c1O. The highest BCUT2D eigenvalue weighted by atomic mass is 16.6. The fourth-order valence-corrected chi connectivity index (χ4v) is 9.39. The molecule has 5 heterocycles. The van der Waals surface area contributed by atoms with E-state index in [1.54, 1.807) is 9.80 Å². The van der Waals surface area contributed by atoms with Crippen molar-refractivity contribution in [2.45, 2.75) is 89.8 Å². The topological polar surface area (TPSA) is 156 Å². The molecule has 15 heteroatoms. The van der Waals surface area contributed by atoms with Crippen molar-refractivity contribution in [1.29, 1.82) is 0 Å². The lowest BCUT2D eigenvalue weighted by molar-refractivity contribution is -0.148. The fraction of sp³-hybridized carbons (Fsp3) is 0.614. The van der Waals surface area contributed by atoms with E-state index in [9.17, 15) is 29.1 Å². The van der Waals surface area contributed by atoms with Gasteiger partial charge in [-0.25, -0.2) is 9.59 Å². The van der Waals surface area contributed by atoms with Crippen molar-refractivity contribution >= 4 is 35.6 Å². The number of hydrogen-bond donors (Lipinski definition) is 2. The minimum atomic E-state index is -1.03. The first-order valence-electron chi connectivity index (χ1n) is 21.6. The van der Waals surface area contributed by atoms with E-state index in [1.165, 1.54) is 0 Å². The van der Waals surface area contributed by atoms with E-state index in [2.05, 4.69) is 15.1 Å². The highest BCUT2D eigenvalue weighted by Gasteiger charge is 2.37. The molecule has 1 atom stereocenters. The number of ether oxygens (including phenoxy) is 2. The van der Waals surface area contributed by atoms with Gasteiger partial charge in [0.05, 0.1) is 13.1 Å². The van der Waals surface area contributed by atoms with E-state index in [4.69, 9.17) is 9.47 Å². The third-order valence-electron chi connectivity index (χ3n) is 12.9. The molecule has 0 bridgehead atoms. The fourth-order valence-electron chi connectivity index (χ4n) is 9.39. The summed E-state index contributed by atoms with van der Waals surface area (Å²) in [5, 5.41) is 13.5. The second kappa shape index (κ2) is 19.4. The Kier molecular flexibility index (Phi) is 13.9. The van der Waals surface area contributed by atoms with Gasteiger partial charge >= 0.3 is 18.1 Å². The van der Waals surface area contributed by atoms with Gasteiger partial charge in [-0.05, 0) is 87.1 Å². The maximum Gasteiger partial charge on any atom is 0.410 e. The van der Waals surface area contributed by atoms with Crippen LogP contribution in [0.25, 0.3) is 0 Å². The third-order valence-corrected chi connectivity index (χ3v) is 12.9. The summed E-state index contributed by atoms with van der Waals surface area (Å²) in [4.78, 5) is 77.4. The van der Waals surface area contributed by atoms with Crippen molar-refractivity contribution in [3.8, 4) is 5.75 Å². The number of phenolic OH excluding ortho intramolecular Hbond substituents is 1. The van der Waals surface area contributed by atoms with Crippen LogP contribution in [-0.2, 0) is 36.7 Å². The lowest BCUT2D eigenvalue weighted by Gasteiger charge is -2.43. The molecule has 0 spiro atoms. The van der Waals surface area contributed by atoms with Crippen molar-refractivity contribution in [1.82, 2.24) is 29.4 Å². The molecule has 2 aromatic rings. The number of benzene rings is 2. The minimum Gasteiger partial charge on any atom is -0.507 e. The maximum absolute atomic E-state index is 14.2. The van der Waals surface area contributed by atoms with Crippen LogP contribution in [0.2, 0.25) is 0 Å². The molecular formula is C44H61N7O8. The molecule has 5 aliphatic heterocycles. The first-order chi connectivity index (χ1) is 28.5. The summed E-state index contributed by atoms with van der Waals surface area (Å²) in [5.41, 5.74) is 4.16. The second-order valence-corrected chi connectivity index (χ2v) is 16.8. The number of aromatic hydroxyl groups is 1. The average molecular weight is 816 g/mol. The van der Waals surface area contributed by atoms with Gasteiger partial charge in [0.25, 0.3) is 5.91 Å². The average Bonchev–Trinajstić information content (AvgIpc) is 3.41. The van der Waals surface area contributed by atoms with Crippen molar-refractivity contribution in [2.75, 3.05) is 90.5 Å². The minimum absolute atomic E-state index is 0.0113. The number of para-hydroxylation sites is 1. The molecule has 0 aromatic heterocycles. The normalized spacial score (nSPS) is 20.8. The number of urea groups is 1. The summed E-state index contributed by atoms with van der Waals surface area (Å²) < 4.78 is 11.6. The number of phenols is 1. The predicted molar refractivity (Wildman–Crippen MR) is 221 cm³/mol. The van der Waals surface area contributed by atoms with Gasteiger partial charge in [-0.3, -0.25) is 24.2 Å². The van der Waals surface area contributed by atoms with Gasteiger partial charge in [0.1, 0.15) is 12.4 Å². The molecule has 5 amide bonds. The Hall–Kier alpha value is -4.89. The van der Waals surface area contributed by atoms with Gasteiger partial charge in [0.2, 0.25) is 5.91 Å². The molecule has 0 saturated carbocycles. The Morgan fingerprint density at radius 1 is 0.814 bits per heavy atom. The van der Waals surface area contributed by atoms with E-state index in [0.29, 0.717) is 75.7 Å². The van der Waals surface area contributed by atoms with Crippen molar-refractivity contribution in [3.63, 3.8) is 0 Å². The molecule has 0 aliphatic carbocycles. The van der Waals surface area contributed by atoms with Crippen molar-refractivity contribution < 1.29 is 38.6 Å². The van der Waals surface area contributed by atoms with Crippen LogP contribution >= 0.6 is 0 Å². The number of carbonyl (C=O) groups is 5. The lowest BCUT2D eigenvalue weighted by atomic mass is 9.98. The summed E-state index contributed by atoms with van der Waals surface area (Å²) in [7, 11) is 0. The van der Waals surface area contributed by atoms with Crippen molar-refractivity contribution in [2.24, 2.45) is 0 Å². The van der Waals surface area contributed by atoms with Crippen LogP contribution in [0.5, 0.6) is 5.75 Å². The van der Waals surface area contributed by atoms with Gasteiger partial charge in [0.15, 0.2) is 6.10 Å². The summed E-state index contributed by atoms with van der Waals surface area (Å²) in [5.74, 6) is -0.134. The number of hydrogen-bond acceptors (Lipinski definition) is 10. The second-order valence-electron chi connectivity index (χ2n) is 16.8. The van der Waals surface area contributed by atoms with Crippen LogP contribution in [0.1, 0.15) is 67.2 Å². The van der Waals surface area contributed by atoms with E-state index in [1.807, 2.05) is 60.0 Å². The lowest BCUT2D eigenvalue weighted by Crippen LogP contribution is -2.55. The molecule has 4 saturated heterocycles. The van der Waals surface area contributed by atoms with Gasteiger partial charge in [-0.15, -0.1) is 0 Å². The number of nitrogens with one attached hydrogen (secondary N) is 1. The van der Waals surface area contributed by atoms with E-state index >= 15 is 0 Å². The molecule has 4 fully saturated rings. The maximum atomic E-state index is 14.2. The first-order valence-corrected chi connectivity index (χ1v) is 21.6. The monoisotopic (exact) mass is 815 g/mol. The molecule has 59 heavy (non-hydrogen) atoms. The van der Waals surface area contributed by atoms with Gasteiger partial charge in [0, 0.05) is 96.1 Å². The Balaban J connectivity index is 0.889. The Labute approximate surface area is 347 Å². The molecule has 7 rings (SSSR count). The standard InChI is InChI=1S/C44H61N7O8/c1-31-27-33(28-32(2)41(31)54)29-38(59-44(57)50-18-13-36(14-19-50)51-20-10-34-7-3-4-8-37(34)45-43(51)56)42(55)49-16-11-35(12-17-49)47-23-21-46(22-24-47)30-40(53)58-26-25-48-15-6-5-9-39(48)52/h3-4,7-8,27-28,35-36,38,54H,5-6,9-26,29-30H2,1-2H3,(H,45,56)/t38-/m1/s1. The Morgan fingerprint density at radius 2 is 1.49 bits per heavy atom. The quantitative estimate of drug-likeness (QED) is 0.321. The number of fused-ring (bicyclic) bond motifs is 1. The van der Waals surface area contributed by atoms with Gasteiger partial charge in [-0.1, -0.05) is 30.3 Å². The number of carbonyl (C=O) groups excluding carboxylic acids is 5. The number of likely N-dealkylation sites (tertiary alicyclic amines) is 3. The molecule has 2 N–H and O–H groups in total. The van der Waals surface area contributed by atoms with Gasteiger partial charge < -0.3 is 39.5 Å². The van der Waals surface area contributed by atoms with Crippen LogP contribution in [0.4, 0.5) is 15.3 Å². The summed E-state index contributed by atoms with van der Waals surface area (Å²) >= 11 is 0. The number of esters is 1. The smallest absolute Gasteiger partial charge is 0.410 e. The largest absolute Gasteiger partial charge is 0.507 e. The van der Waals surface area contributed by atoms with Crippen LogP contribution < -0.4 is 5.32 Å². The summed E-state index contributed by atoms with van der Waals surface area (Å²) in [6.07, 6.45) is 4.71. The Bertz CT molecular complexity index is 1810. The van der Waals surface area contributed by atoms with Crippen molar-refractivity contribution in [3.05, 3.63) is 58.7 Å². The van der Waals surface area contributed by atoms with Gasteiger partial charge in [-0.2, -0.15) is 0 Å². The first kappa shape index (κ1) is 42.2. The molecule has 5 aliphatic rings. The van der Waals surface area contributed by atoms with Crippen LogP contribution in [0, 0.1) is 13.8 Å². The van der Waals surface area contributed by atoms with Crippen LogP contribution in [0.15, 0.2) is 36.4 Å². The van der Waals surface area contributed by atoms with Crippen LogP contribution in [-0.4, -0.2) is 168 Å². The molecule has 0 radical (unpaired) electrons. The molecule has 2 aromatic carbocycles. The highest BCUT2D eigenvalue weighted by molar-refractivity contribution is 5.91. The Morgan fingerprint density at radius 3 is 2.20 bits per heavy atom. The number of anilines is 1. The zero-order valence-corrected chi connectivity index (χ0v) is 34.7. The number of nitrogens with zero attached hydrogens (tertiary/aromatic N) is 6. The molecule has 320 valence electrons. The summed E-state index contributed by atoms with van der Waals surface area (Å²) in [6.45, 7) is 11.0. The number of amides is 5. The zero-order chi connectivity index (χ0) is 41.5. The van der Waals surface area contributed by atoms with E-state index in [0.717, 1.165) is 81.6 Å². The number of rotatable bonds is 11. The highest BCUT2D eigenvalue weighted by Crippen LogP contribution is 2.28. The summed E-state index contributed by atoms with van der Waals surface area (Å²) in [6, 6.07) is 11.7. The number of aryl methyl sites for hydroxylation is 2. The molecule has 15 nitrogen and oxygen atoms in total. The number of piperazine rings is 1. The zero-order valence-electron chi connectivity index (χ0n) is 34.7. The third kappa shape index (κ3) is 10.7. The molecular weight excluding hydrogens is 755 g/mol. The predicted octanol–water partition coefficient (Wildman–Crippen LogP) is 3.78. The van der Waals surface area contributed by atoms with E-state index < -0.39 is 12.2 Å². The number of piperidine rings is 3. The van der Waals surface area contributed by atoms with Crippen LogP contribution in [0.3, 0.4) is 0 Å². The molecule has 0 unspecified atom stereocenters.